The molecule has 36 heavy (non-hydrogen) atoms. The Morgan fingerprint density at radius 1 is 1.19 bits per heavy atom. The van der Waals surface area contributed by atoms with E-state index in [2.05, 4.69) is 21.3 Å². The molecule has 192 valence electrons. The van der Waals surface area contributed by atoms with E-state index >= 15 is 0 Å². The van der Waals surface area contributed by atoms with Crippen molar-refractivity contribution < 1.29 is 28.3 Å². The molecule has 11 heteroatoms. The van der Waals surface area contributed by atoms with Gasteiger partial charge in [-0.05, 0) is 54.8 Å². The summed E-state index contributed by atoms with van der Waals surface area (Å²) in [5, 5.41) is 10.7. The minimum absolute atomic E-state index is 0.0969. The Morgan fingerprint density at radius 2 is 2.00 bits per heavy atom. The molecule has 0 bridgehead atoms. The fourth-order valence-corrected chi connectivity index (χ4v) is 4.01. The molecule has 1 heterocycles. The van der Waals surface area contributed by atoms with Crippen LogP contribution in [0.15, 0.2) is 42.5 Å². The Labute approximate surface area is 213 Å². The SMILES string of the molecule is CNC(=O)c1cccc(OCC(=O)NCC(NC(=O)C2CCCCNC2=O)c2cc(F)cc(Cl)c2)c1. The van der Waals surface area contributed by atoms with Crippen LogP contribution < -0.4 is 26.0 Å². The molecule has 0 radical (unpaired) electrons. The molecular weight excluding hydrogens is 491 g/mol. The summed E-state index contributed by atoms with van der Waals surface area (Å²) in [6, 6.07) is 9.31. The van der Waals surface area contributed by atoms with Gasteiger partial charge in [-0.15, -0.1) is 0 Å². The third kappa shape index (κ3) is 7.67. The molecule has 0 aromatic heterocycles. The number of benzene rings is 2. The van der Waals surface area contributed by atoms with E-state index in [1.54, 1.807) is 18.2 Å². The highest BCUT2D eigenvalue weighted by Crippen LogP contribution is 2.22. The van der Waals surface area contributed by atoms with Crippen LogP contribution in [0.2, 0.25) is 5.02 Å². The second-order valence-electron chi connectivity index (χ2n) is 8.30. The van der Waals surface area contributed by atoms with Crippen LogP contribution in [0.5, 0.6) is 5.75 Å². The van der Waals surface area contributed by atoms with Gasteiger partial charge in [0, 0.05) is 30.7 Å². The predicted octanol–water partition coefficient (Wildman–Crippen LogP) is 2.11. The van der Waals surface area contributed by atoms with Gasteiger partial charge in [0.2, 0.25) is 11.8 Å². The quantitative estimate of drug-likeness (QED) is 0.378. The van der Waals surface area contributed by atoms with E-state index in [0.29, 0.717) is 36.3 Å². The van der Waals surface area contributed by atoms with Gasteiger partial charge in [-0.3, -0.25) is 19.2 Å². The van der Waals surface area contributed by atoms with Crippen molar-refractivity contribution in [1.29, 1.82) is 0 Å². The van der Waals surface area contributed by atoms with Gasteiger partial charge in [0.15, 0.2) is 6.61 Å². The molecule has 0 saturated carbocycles. The number of halogens is 2. The molecule has 2 aromatic carbocycles. The molecular formula is C25H28ClFN4O5. The highest BCUT2D eigenvalue weighted by Gasteiger charge is 2.30. The predicted molar refractivity (Wildman–Crippen MR) is 131 cm³/mol. The molecule has 2 atom stereocenters. The lowest BCUT2D eigenvalue weighted by Gasteiger charge is -2.23. The first-order valence-electron chi connectivity index (χ1n) is 11.5. The minimum atomic E-state index is -0.884. The number of hydrogen-bond donors (Lipinski definition) is 4. The van der Waals surface area contributed by atoms with Gasteiger partial charge >= 0.3 is 0 Å². The zero-order valence-corrected chi connectivity index (χ0v) is 20.5. The molecule has 3 rings (SSSR count). The topological polar surface area (TPSA) is 126 Å². The summed E-state index contributed by atoms with van der Waals surface area (Å²) in [4.78, 5) is 49.4. The maximum absolute atomic E-state index is 14.0. The maximum atomic E-state index is 14.0. The fourth-order valence-electron chi connectivity index (χ4n) is 3.78. The van der Waals surface area contributed by atoms with Crippen LogP contribution in [0, 0.1) is 11.7 Å². The highest BCUT2D eigenvalue weighted by atomic mass is 35.5. The van der Waals surface area contributed by atoms with Crippen LogP contribution in [0.4, 0.5) is 4.39 Å². The van der Waals surface area contributed by atoms with Crippen molar-refractivity contribution in [2.45, 2.75) is 25.3 Å². The van der Waals surface area contributed by atoms with E-state index in [1.807, 2.05) is 0 Å². The van der Waals surface area contributed by atoms with Crippen molar-refractivity contribution >= 4 is 35.2 Å². The van der Waals surface area contributed by atoms with Crippen molar-refractivity contribution in [3.05, 3.63) is 64.4 Å². The summed E-state index contributed by atoms with van der Waals surface area (Å²) < 4.78 is 19.5. The van der Waals surface area contributed by atoms with E-state index in [0.717, 1.165) is 12.5 Å². The number of nitrogens with one attached hydrogen (secondary N) is 4. The number of rotatable bonds is 9. The lowest BCUT2D eigenvalue weighted by Crippen LogP contribution is -2.45. The second kappa shape index (κ2) is 12.9. The number of hydrogen-bond acceptors (Lipinski definition) is 5. The number of amides is 4. The van der Waals surface area contributed by atoms with Crippen molar-refractivity contribution in [1.82, 2.24) is 21.3 Å². The Hall–Kier alpha value is -3.66. The highest BCUT2D eigenvalue weighted by molar-refractivity contribution is 6.30. The Morgan fingerprint density at radius 3 is 2.75 bits per heavy atom. The van der Waals surface area contributed by atoms with E-state index in [9.17, 15) is 23.6 Å². The van der Waals surface area contributed by atoms with Crippen LogP contribution in [0.1, 0.15) is 41.2 Å². The Bertz CT molecular complexity index is 1110. The molecule has 1 aliphatic heterocycles. The van der Waals surface area contributed by atoms with Gasteiger partial charge in [-0.2, -0.15) is 0 Å². The first kappa shape index (κ1) is 26.9. The number of carbonyl (C=O) groups excluding carboxylic acids is 4. The first-order valence-corrected chi connectivity index (χ1v) is 11.9. The van der Waals surface area contributed by atoms with Crippen molar-refractivity contribution in [2.75, 3.05) is 26.7 Å². The van der Waals surface area contributed by atoms with Crippen LogP contribution in [-0.4, -0.2) is 50.4 Å². The summed E-state index contributed by atoms with van der Waals surface area (Å²) >= 11 is 6.00. The van der Waals surface area contributed by atoms with E-state index in [4.69, 9.17) is 16.3 Å². The average Bonchev–Trinajstić information content (AvgIpc) is 3.08. The average molecular weight is 519 g/mol. The fraction of sp³-hybridized carbons (Fsp3) is 0.360. The molecule has 1 aliphatic rings. The third-order valence-electron chi connectivity index (χ3n) is 5.65. The second-order valence-corrected chi connectivity index (χ2v) is 8.74. The van der Waals surface area contributed by atoms with Gasteiger partial charge in [0.25, 0.3) is 11.8 Å². The summed E-state index contributed by atoms with van der Waals surface area (Å²) in [5.74, 6) is -2.84. The molecule has 4 N–H and O–H groups in total. The molecule has 0 spiro atoms. The normalized spacial score (nSPS) is 16.2. The third-order valence-corrected chi connectivity index (χ3v) is 5.87. The van der Waals surface area contributed by atoms with E-state index < -0.39 is 29.6 Å². The van der Waals surface area contributed by atoms with Gasteiger partial charge < -0.3 is 26.0 Å². The molecule has 1 saturated heterocycles. The van der Waals surface area contributed by atoms with Crippen molar-refractivity contribution in [3.8, 4) is 5.75 Å². The van der Waals surface area contributed by atoms with Crippen molar-refractivity contribution in [2.24, 2.45) is 5.92 Å². The molecule has 9 nitrogen and oxygen atoms in total. The zero-order valence-electron chi connectivity index (χ0n) is 19.7. The smallest absolute Gasteiger partial charge is 0.258 e. The van der Waals surface area contributed by atoms with Gasteiger partial charge in [-0.25, -0.2) is 4.39 Å². The Balaban J connectivity index is 1.66. The Kier molecular flexibility index (Phi) is 9.63. The van der Waals surface area contributed by atoms with E-state index in [-0.39, 0.29) is 30.0 Å². The molecule has 4 amide bonds. The first-order chi connectivity index (χ1) is 17.3. The van der Waals surface area contributed by atoms with Crippen molar-refractivity contribution in [3.63, 3.8) is 0 Å². The van der Waals surface area contributed by atoms with Gasteiger partial charge in [0.05, 0.1) is 6.04 Å². The zero-order chi connectivity index (χ0) is 26.1. The van der Waals surface area contributed by atoms with Crippen LogP contribution >= 0.6 is 11.6 Å². The van der Waals surface area contributed by atoms with Gasteiger partial charge in [-0.1, -0.05) is 24.1 Å². The van der Waals surface area contributed by atoms with Gasteiger partial charge in [0.1, 0.15) is 17.5 Å². The van der Waals surface area contributed by atoms with E-state index in [1.165, 1.54) is 25.2 Å². The summed E-state index contributed by atoms with van der Waals surface area (Å²) in [6.07, 6.45) is 1.88. The lowest BCUT2D eigenvalue weighted by molar-refractivity contribution is -0.135. The summed E-state index contributed by atoms with van der Waals surface area (Å²) in [7, 11) is 1.51. The summed E-state index contributed by atoms with van der Waals surface area (Å²) in [6.45, 7) is 0.0563. The minimum Gasteiger partial charge on any atom is -0.484 e. The number of ether oxygens (including phenoxy) is 1. The summed E-state index contributed by atoms with van der Waals surface area (Å²) in [5.41, 5.74) is 0.714. The maximum Gasteiger partial charge on any atom is 0.258 e. The van der Waals surface area contributed by atoms with Crippen LogP contribution in [-0.2, 0) is 14.4 Å². The molecule has 1 fully saturated rings. The standard InChI is InChI=1S/C25H28ClFN4O5/c1-28-23(33)15-5-4-6-19(11-15)36-14-22(32)30-13-21(16-9-17(26)12-18(27)10-16)31-25(35)20-7-2-3-8-29-24(20)34/h4-6,9-12,20-21H,2-3,7-8,13-14H2,1H3,(H,28,33)(H,29,34)(H,30,32)(H,31,35). The monoisotopic (exact) mass is 518 g/mol. The largest absolute Gasteiger partial charge is 0.484 e. The number of carbonyl (C=O) groups is 4. The molecule has 0 aliphatic carbocycles. The lowest BCUT2D eigenvalue weighted by atomic mass is 10.00. The van der Waals surface area contributed by atoms with Crippen LogP contribution in [0.25, 0.3) is 0 Å². The van der Waals surface area contributed by atoms with Crippen LogP contribution in [0.3, 0.4) is 0 Å². The molecule has 2 aromatic rings. The molecule has 2 unspecified atom stereocenters.